The van der Waals surface area contributed by atoms with E-state index in [0.29, 0.717) is 0 Å². The third-order valence-electron chi connectivity index (χ3n) is 7.40. The van der Waals surface area contributed by atoms with Crippen LogP contribution in [0.4, 0.5) is 0 Å². The summed E-state index contributed by atoms with van der Waals surface area (Å²) in [4.78, 5) is 0. The fourth-order valence-electron chi connectivity index (χ4n) is 5.88. The smallest absolute Gasteiger partial charge is 0.184 e. The number of hydrogen-bond acceptors (Lipinski definition) is 4. The maximum Gasteiger partial charge on any atom is 0.184 e. The molecule has 27 heavy (non-hydrogen) atoms. The van der Waals surface area contributed by atoms with E-state index in [9.17, 15) is 0 Å². The SMILES string of the molecule is CC1=CC2OC3C(O[Si](C)(C)C)CC(C)(C2(CO[Si](C)(C)C)CC1)C31CO1. The van der Waals surface area contributed by atoms with Gasteiger partial charge < -0.3 is 18.3 Å². The van der Waals surface area contributed by atoms with Gasteiger partial charge in [0.1, 0.15) is 11.7 Å². The lowest BCUT2D eigenvalue weighted by Crippen LogP contribution is -2.65. The molecule has 2 saturated heterocycles. The van der Waals surface area contributed by atoms with Gasteiger partial charge in [0.2, 0.25) is 0 Å². The molecule has 2 aliphatic carbocycles. The number of hydrogen-bond donors (Lipinski definition) is 0. The number of ether oxygens (including phenoxy) is 2. The molecule has 4 aliphatic rings. The van der Waals surface area contributed by atoms with Gasteiger partial charge in [0, 0.05) is 17.4 Å². The molecular weight excluding hydrogens is 372 g/mol. The third kappa shape index (κ3) is 3.06. The van der Waals surface area contributed by atoms with Gasteiger partial charge in [-0.3, -0.25) is 0 Å². The summed E-state index contributed by atoms with van der Waals surface area (Å²) >= 11 is 0. The molecule has 0 aromatic rings. The van der Waals surface area contributed by atoms with Gasteiger partial charge in [-0.15, -0.1) is 0 Å². The molecule has 4 rings (SSSR count). The Balaban J connectivity index is 1.75. The highest BCUT2D eigenvalue weighted by Gasteiger charge is 2.81. The van der Waals surface area contributed by atoms with E-state index in [-0.39, 0.29) is 34.7 Å². The highest BCUT2D eigenvalue weighted by atomic mass is 28.4. The summed E-state index contributed by atoms with van der Waals surface area (Å²) in [7, 11) is -3.28. The van der Waals surface area contributed by atoms with Gasteiger partial charge in [0.25, 0.3) is 0 Å². The van der Waals surface area contributed by atoms with Crippen LogP contribution in [0.5, 0.6) is 0 Å². The van der Waals surface area contributed by atoms with Crippen LogP contribution in [-0.4, -0.2) is 53.8 Å². The zero-order valence-electron chi connectivity index (χ0n) is 18.5. The van der Waals surface area contributed by atoms with Crippen molar-refractivity contribution in [2.24, 2.45) is 10.8 Å². The van der Waals surface area contributed by atoms with Crippen LogP contribution in [0.2, 0.25) is 39.3 Å². The maximum absolute atomic E-state index is 6.85. The van der Waals surface area contributed by atoms with Gasteiger partial charge in [-0.2, -0.15) is 0 Å². The first kappa shape index (κ1) is 20.3. The van der Waals surface area contributed by atoms with Crippen molar-refractivity contribution in [1.29, 1.82) is 0 Å². The lowest BCUT2D eigenvalue weighted by molar-refractivity contribution is -0.214. The van der Waals surface area contributed by atoms with E-state index < -0.39 is 16.6 Å². The Morgan fingerprint density at radius 2 is 1.81 bits per heavy atom. The van der Waals surface area contributed by atoms with E-state index in [1.54, 1.807) is 0 Å². The van der Waals surface area contributed by atoms with Gasteiger partial charge in [-0.25, -0.2) is 0 Å². The molecule has 154 valence electrons. The van der Waals surface area contributed by atoms with Crippen LogP contribution in [-0.2, 0) is 18.3 Å². The largest absolute Gasteiger partial charge is 0.417 e. The first-order chi connectivity index (χ1) is 12.3. The van der Waals surface area contributed by atoms with Crippen molar-refractivity contribution >= 4 is 16.6 Å². The predicted octanol–water partition coefficient (Wildman–Crippen LogP) is 4.73. The Labute approximate surface area is 167 Å². The number of epoxide rings is 1. The summed E-state index contributed by atoms with van der Waals surface area (Å²) in [6.45, 7) is 20.0. The molecule has 4 nitrogen and oxygen atoms in total. The maximum atomic E-state index is 6.85. The number of fused-ring (bicyclic) bond motifs is 2. The summed E-state index contributed by atoms with van der Waals surface area (Å²) in [6, 6.07) is 0. The normalized spacial score (nSPS) is 46.4. The van der Waals surface area contributed by atoms with E-state index in [4.69, 9.17) is 18.3 Å². The zero-order chi connectivity index (χ0) is 19.9. The first-order valence-corrected chi connectivity index (χ1v) is 17.4. The second kappa shape index (κ2) is 6.02. The first-order valence-electron chi connectivity index (χ1n) is 10.6. The molecule has 1 saturated carbocycles. The molecular formula is C21H38O4Si2. The Bertz CT molecular complexity index is 646. The van der Waals surface area contributed by atoms with Crippen LogP contribution in [0.3, 0.4) is 0 Å². The summed E-state index contributed by atoms with van der Waals surface area (Å²) in [6.07, 6.45) is 5.98. The summed E-state index contributed by atoms with van der Waals surface area (Å²) in [5, 5.41) is 0. The van der Waals surface area contributed by atoms with Crippen molar-refractivity contribution in [3.8, 4) is 0 Å². The minimum Gasteiger partial charge on any atom is -0.417 e. The van der Waals surface area contributed by atoms with Crippen LogP contribution in [0, 0.1) is 10.8 Å². The molecule has 3 fully saturated rings. The molecule has 2 heterocycles. The quantitative estimate of drug-likeness (QED) is 0.373. The van der Waals surface area contributed by atoms with E-state index in [1.807, 2.05) is 0 Å². The Morgan fingerprint density at radius 1 is 1.15 bits per heavy atom. The summed E-state index contributed by atoms with van der Waals surface area (Å²) < 4.78 is 26.3. The molecule has 0 aromatic heterocycles. The monoisotopic (exact) mass is 410 g/mol. The van der Waals surface area contributed by atoms with E-state index in [0.717, 1.165) is 32.5 Å². The fourth-order valence-corrected chi connectivity index (χ4v) is 7.68. The number of rotatable bonds is 5. The fraction of sp³-hybridized carbons (Fsp3) is 0.905. The lowest BCUT2D eigenvalue weighted by atomic mass is 9.52. The Kier molecular flexibility index (Phi) is 4.52. The minimum atomic E-state index is -1.66. The van der Waals surface area contributed by atoms with Crippen LogP contribution in [0.15, 0.2) is 11.6 Å². The van der Waals surface area contributed by atoms with Crippen molar-refractivity contribution < 1.29 is 18.3 Å². The van der Waals surface area contributed by atoms with E-state index >= 15 is 0 Å². The second-order valence-electron chi connectivity index (χ2n) is 11.5. The predicted molar refractivity (Wildman–Crippen MR) is 113 cm³/mol. The molecule has 0 N–H and O–H groups in total. The molecule has 6 atom stereocenters. The summed E-state index contributed by atoms with van der Waals surface area (Å²) in [5.74, 6) is 0. The van der Waals surface area contributed by atoms with Crippen LogP contribution >= 0.6 is 0 Å². The molecule has 2 aliphatic heterocycles. The van der Waals surface area contributed by atoms with Gasteiger partial charge in [-0.1, -0.05) is 18.6 Å². The van der Waals surface area contributed by atoms with Crippen molar-refractivity contribution in [2.45, 2.75) is 96.3 Å². The molecule has 2 bridgehead atoms. The molecule has 1 spiro atoms. The average molecular weight is 411 g/mol. The van der Waals surface area contributed by atoms with Crippen molar-refractivity contribution in [1.82, 2.24) is 0 Å². The van der Waals surface area contributed by atoms with Gasteiger partial charge in [0.05, 0.1) is 18.8 Å². The van der Waals surface area contributed by atoms with Gasteiger partial charge in [0.15, 0.2) is 16.6 Å². The molecule has 0 radical (unpaired) electrons. The van der Waals surface area contributed by atoms with Crippen LogP contribution in [0.25, 0.3) is 0 Å². The minimum absolute atomic E-state index is 0.0165. The highest BCUT2D eigenvalue weighted by Crippen LogP contribution is 2.72. The Morgan fingerprint density at radius 3 is 2.37 bits per heavy atom. The van der Waals surface area contributed by atoms with Crippen molar-refractivity contribution in [2.75, 3.05) is 13.2 Å². The highest BCUT2D eigenvalue weighted by molar-refractivity contribution is 6.70. The second-order valence-corrected chi connectivity index (χ2v) is 20.5. The molecule has 0 amide bonds. The molecule has 6 unspecified atom stereocenters. The zero-order valence-corrected chi connectivity index (χ0v) is 20.5. The molecule has 6 heteroatoms. The van der Waals surface area contributed by atoms with Gasteiger partial charge >= 0.3 is 0 Å². The molecule has 0 aromatic carbocycles. The van der Waals surface area contributed by atoms with Crippen molar-refractivity contribution in [3.63, 3.8) is 0 Å². The summed E-state index contributed by atoms with van der Waals surface area (Å²) in [5.41, 5.74) is 1.30. The van der Waals surface area contributed by atoms with E-state index in [1.165, 1.54) is 5.57 Å². The van der Waals surface area contributed by atoms with Crippen LogP contribution < -0.4 is 0 Å². The van der Waals surface area contributed by atoms with E-state index in [2.05, 4.69) is 59.2 Å². The topological polar surface area (TPSA) is 40.2 Å². The third-order valence-corrected chi connectivity index (χ3v) is 9.42. The van der Waals surface area contributed by atoms with Gasteiger partial charge in [-0.05, 0) is 65.5 Å². The number of allylic oxidation sites excluding steroid dienone is 1. The lowest BCUT2D eigenvalue weighted by Gasteiger charge is -2.58. The average Bonchev–Trinajstić information content (AvgIpc) is 3.26. The van der Waals surface area contributed by atoms with Crippen molar-refractivity contribution in [3.05, 3.63) is 11.6 Å². The Hall–Kier alpha value is 0.0138. The van der Waals surface area contributed by atoms with Crippen LogP contribution in [0.1, 0.15) is 33.1 Å². The standard InChI is InChI=1S/C21H38O4Si2/c1-15-9-10-20(13-23-26(3,4)5)17(11-15)24-18-16(25-27(6,7)8)12-19(20,2)21(18)14-22-21/h11,16-18H,9-10,12-14H2,1-8H3.